The van der Waals surface area contributed by atoms with Crippen molar-refractivity contribution < 1.29 is 0 Å². The first-order valence-corrected chi connectivity index (χ1v) is 36.7. The zero-order valence-corrected chi connectivity index (χ0v) is 55.9. The Balaban J connectivity index is 0.760. The Morgan fingerprint density at radius 3 is 1.07 bits per heavy atom. The van der Waals surface area contributed by atoms with Crippen LogP contribution in [0.5, 0.6) is 0 Å². The molecule has 460 valence electrons. The minimum atomic E-state index is -1.17. The van der Waals surface area contributed by atoms with Crippen molar-refractivity contribution >= 4 is 193 Å². The highest BCUT2D eigenvalue weighted by molar-refractivity contribution is 8.17. The molecule has 8 nitrogen and oxygen atoms in total. The van der Waals surface area contributed by atoms with E-state index in [4.69, 9.17) is 0 Å². The minimum Gasteiger partial charge on any atom is -0.308 e. The van der Waals surface area contributed by atoms with E-state index in [0.717, 1.165) is 115 Å². The zero-order chi connectivity index (χ0) is 65.9. The SMILES string of the molecule is N#Cc1cc(-n2c3ccccc3c3cc4c(cc32)-c2ccccc2[SH]4c2ccc3c(c2)c2cc4sc5ccccc5c4cc2n3-c2ccc(-n3c4ccccc4c4cc5sc6ccccc6c5cc43)c(C#N)c2C#N)c(-n2c3ccccc3c3cc4sc5ccccc5c4cc32)cc1C#N. The molecule has 1 atom stereocenters. The molecule has 21 aromatic rings. The van der Waals surface area contributed by atoms with Crippen molar-refractivity contribution in [2.24, 2.45) is 0 Å². The van der Waals surface area contributed by atoms with Gasteiger partial charge in [0, 0.05) is 113 Å². The maximum atomic E-state index is 11.7. The number of nitrogens with zero attached hydrogens (tertiary/aromatic N) is 8. The molecule has 0 radical (unpaired) electrons. The topological polar surface area (TPSA) is 115 Å². The van der Waals surface area contributed by atoms with Gasteiger partial charge < -0.3 is 18.3 Å². The van der Waals surface area contributed by atoms with Crippen molar-refractivity contribution in [2.75, 3.05) is 0 Å². The average molecular weight is 1340 g/mol. The van der Waals surface area contributed by atoms with Gasteiger partial charge in [0.1, 0.15) is 24.3 Å². The average Bonchev–Trinajstić information content (AvgIpc) is 1.55. The number of hydrogen-bond acceptors (Lipinski definition) is 7. The summed E-state index contributed by atoms with van der Waals surface area (Å²) in [7, 11) is -1.17. The third-order valence-corrected chi connectivity index (χ3v) is 26.9. The highest BCUT2D eigenvalue weighted by Gasteiger charge is 2.32. The van der Waals surface area contributed by atoms with E-state index in [2.05, 4.69) is 279 Å². The zero-order valence-electron chi connectivity index (χ0n) is 52.6. The summed E-state index contributed by atoms with van der Waals surface area (Å²) in [6, 6.07) is 104. The molecule has 0 bridgehead atoms. The lowest BCUT2D eigenvalue weighted by Gasteiger charge is -2.20. The molecule has 0 fully saturated rings. The van der Waals surface area contributed by atoms with Crippen molar-refractivity contribution in [3.8, 4) is 58.2 Å². The summed E-state index contributed by atoms with van der Waals surface area (Å²) < 4.78 is 16.3. The number of rotatable bonds is 5. The first kappa shape index (κ1) is 55.4. The van der Waals surface area contributed by atoms with Crippen LogP contribution >= 0.6 is 44.9 Å². The Hall–Kier alpha value is -12.8. The Kier molecular flexibility index (Phi) is 11.3. The second-order valence-corrected chi connectivity index (χ2v) is 31.3. The number of aromatic nitrogens is 4. The largest absolute Gasteiger partial charge is 0.308 e. The van der Waals surface area contributed by atoms with Crippen molar-refractivity contribution in [1.29, 1.82) is 21.0 Å². The fourth-order valence-corrected chi connectivity index (χ4v) is 22.8. The monoisotopic (exact) mass is 1340 g/mol. The maximum absolute atomic E-state index is 11.7. The fourth-order valence-electron chi connectivity index (χ4n) is 16.8. The molecule has 7 aromatic heterocycles. The van der Waals surface area contributed by atoms with E-state index in [0.29, 0.717) is 33.6 Å². The molecule has 0 aliphatic carbocycles. The van der Waals surface area contributed by atoms with E-state index >= 15 is 0 Å². The third-order valence-electron chi connectivity index (χ3n) is 21.0. The molecule has 0 saturated heterocycles. The summed E-state index contributed by atoms with van der Waals surface area (Å²) in [5.41, 5.74) is 14.2. The molecule has 0 spiro atoms. The number of hydrogen-bond donors (Lipinski definition) is 1. The molecular weight excluding hydrogens is 1300 g/mol. The van der Waals surface area contributed by atoms with Gasteiger partial charge in [-0.1, -0.05) is 127 Å². The van der Waals surface area contributed by atoms with Crippen LogP contribution in [0.3, 0.4) is 0 Å². The van der Waals surface area contributed by atoms with Crippen LogP contribution in [0.4, 0.5) is 0 Å². The quantitative estimate of drug-likeness (QED) is 0.173. The Morgan fingerprint density at radius 1 is 0.240 bits per heavy atom. The Labute approximate surface area is 583 Å². The van der Waals surface area contributed by atoms with Crippen molar-refractivity contribution in [1.82, 2.24) is 18.3 Å². The summed E-state index contributed by atoms with van der Waals surface area (Å²) in [6.45, 7) is 0. The van der Waals surface area contributed by atoms with E-state index in [1.165, 1.54) is 70.0 Å². The lowest BCUT2D eigenvalue weighted by molar-refractivity contribution is 1.09. The van der Waals surface area contributed by atoms with E-state index in [1.54, 1.807) is 34.0 Å². The van der Waals surface area contributed by atoms with Gasteiger partial charge in [0.2, 0.25) is 0 Å². The van der Waals surface area contributed by atoms with Gasteiger partial charge in [-0.15, -0.1) is 34.0 Å². The highest BCUT2D eigenvalue weighted by Crippen LogP contribution is 2.64. The normalized spacial score (nSPS) is 13.4. The van der Waals surface area contributed by atoms with E-state index < -0.39 is 10.9 Å². The molecule has 0 N–H and O–H groups in total. The van der Waals surface area contributed by atoms with Gasteiger partial charge in [0.15, 0.2) is 0 Å². The van der Waals surface area contributed by atoms with E-state index in [1.807, 2.05) is 24.3 Å². The van der Waals surface area contributed by atoms with Crippen LogP contribution in [0.2, 0.25) is 0 Å². The molecule has 1 unspecified atom stereocenters. The molecule has 100 heavy (non-hydrogen) atoms. The number of thiophene rings is 3. The fraction of sp³-hybridized carbons (Fsp3) is 0. The summed E-state index contributed by atoms with van der Waals surface area (Å²) in [4.78, 5) is 3.69. The van der Waals surface area contributed by atoms with Gasteiger partial charge in [0.25, 0.3) is 0 Å². The lowest BCUT2D eigenvalue weighted by Crippen LogP contribution is -2.05. The first-order valence-electron chi connectivity index (χ1n) is 32.9. The highest BCUT2D eigenvalue weighted by atomic mass is 32.2. The smallest absolute Gasteiger partial charge is 0.103 e. The Bertz CT molecular complexity index is 7560. The van der Waals surface area contributed by atoms with Crippen LogP contribution in [0.1, 0.15) is 22.3 Å². The molecule has 1 aliphatic rings. The standard InChI is InChI=1S/C88H44N8S4/c89-44-48-33-79(95-70-23-9-2-16-52(70)60-41-85-64(37-76(60)95)55-19-5-12-26-82(55)98-85)80(34-49(48)45-90)96-71-24-10-3-17-53(71)62-43-88-66(39-78(62)96)57-21-7-14-28-87(57)100(88)50-29-30-72-58(35-50)61-42-86-65(56-20-6-13-27-83(56)99-86)38-77(61)94(72)74-32-31-73(67(46-91)68(74)47-92)93-69-22-8-1-15-51(69)59-40-84-63(36-75(59)93)54-18-4-11-25-81(54)97-84/h1-43,100H. The molecule has 22 rings (SSSR count). The predicted octanol–water partition coefficient (Wildman–Crippen LogP) is 24.1. The predicted molar refractivity (Wildman–Crippen MR) is 417 cm³/mol. The third kappa shape index (κ3) is 7.38. The van der Waals surface area contributed by atoms with Crippen LogP contribution < -0.4 is 0 Å². The molecular formula is C88H44N8S4. The van der Waals surface area contributed by atoms with Crippen molar-refractivity contribution in [2.45, 2.75) is 14.7 Å². The minimum absolute atomic E-state index is 0.304. The molecule has 0 amide bonds. The van der Waals surface area contributed by atoms with Gasteiger partial charge in [-0.25, -0.2) is 0 Å². The lowest BCUT2D eigenvalue weighted by atomic mass is 10.0. The van der Waals surface area contributed by atoms with E-state index in [-0.39, 0.29) is 0 Å². The maximum Gasteiger partial charge on any atom is 0.103 e. The summed E-state index contributed by atoms with van der Waals surface area (Å²) in [6.07, 6.45) is 0. The second-order valence-electron chi connectivity index (χ2n) is 25.9. The number of benzene rings is 14. The summed E-state index contributed by atoms with van der Waals surface area (Å²) in [5, 5.41) is 60.8. The summed E-state index contributed by atoms with van der Waals surface area (Å²) in [5.74, 6) is 0. The Morgan fingerprint density at radius 2 is 0.610 bits per heavy atom. The van der Waals surface area contributed by atoms with Gasteiger partial charge in [-0.05, 0) is 149 Å². The number of para-hydroxylation sites is 3. The number of nitriles is 4. The first-order chi connectivity index (χ1) is 49.4. The van der Waals surface area contributed by atoms with Gasteiger partial charge in [0.05, 0.1) is 89.1 Å². The van der Waals surface area contributed by atoms with Gasteiger partial charge in [-0.2, -0.15) is 31.9 Å². The molecule has 8 heterocycles. The van der Waals surface area contributed by atoms with Gasteiger partial charge in [-0.3, -0.25) is 0 Å². The van der Waals surface area contributed by atoms with Crippen LogP contribution in [0.15, 0.2) is 276 Å². The van der Waals surface area contributed by atoms with Crippen LogP contribution in [0.25, 0.3) is 182 Å². The summed E-state index contributed by atoms with van der Waals surface area (Å²) >= 11 is 5.38. The van der Waals surface area contributed by atoms with Crippen LogP contribution in [-0.2, 0) is 0 Å². The molecule has 0 saturated carbocycles. The van der Waals surface area contributed by atoms with Crippen LogP contribution in [-0.4, -0.2) is 18.3 Å². The number of thiol groups is 1. The molecule has 1 aliphatic heterocycles. The van der Waals surface area contributed by atoms with Gasteiger partial charge >= 0.3 is 0 Å². The number of fused-ring (bicyclic) bond motifs is 24. The van der Waals surface area contributed by atoms with Crippen molar-refractivity contribution in [3.05, 3.63) is 283 Å². The van der Waals surface area contributed by atoms with Crippen molar-refractivity contribution in [3.63, 3.8) is 0 Å². The molecule has 14 aromatic carbocycles. The second kappa shape index (κ2) is 20.4. The molecule has 12 heteroatoms. The van der Waals surface area contributed by atoms with E-state index in [9.17, 15) is 21.0 Å². The van der Waals surface area contributed by atoms with Crippen LogP contribution in [0, 0.1) is 45.3 Å².